The number of imide groups is 1. The number of hydrogen-bond acceptors (Lipinski definition) is 5. The molecule has 0 heterocycles. The molecular formula is C15H19FN2O4S. The highest BCUT2D eigenvalue weighted by Gasteiger charge is 2.20. The fraction of sp³-hybridized carbons (Fsp3) is 0.400. The summed E-state index contributed by atoms with van der Waals surface area (Å²) in [5.41, 5.74) is 0. The number of esters is 1. The number of benzene rings is 1. The van der Waals surface area contributed by atoms with Gasteiger partial charge in [-0.25, -0.2) is 9.18 Å². The van der Waals surface area contributed by atoms with Gasteiger partial charge in [-0.1, -0.05) is 12.1 Å². The first-order chi connectivity index (χ1) is 10.8. The number of nitrogens with one attached hydrogen (secondary N) is 2. The molecule has 3 amide bonds. The lowest BCUT2D eigenvalue weighted by Crippen LogP contribution is -2.46. The summed E-state index contributed by atoms with van der Waals surface area (Å²) >= 11 is 0.971. The minimum absolute atomic E-state index is 0.127. The zero-order valence-corrected chi connectivity index (χ0v) is 13.9. The van der Waals surface area contributed by atoms with Crippen molar-refractivity contribution in [2.75, 3.05) is 5.75 Å². The van der Waals surface area contributed by atoms with E-state index in [1.807, 2.05) is 0 Å². The Morgan fingerprint density at radius 1 is 1.22 bits per heavy atom. The molecule has 0 spiro atoms. The number of halogens is 1. The van der Waals surface area contributed by atoms with Crippen LogP contribution in [0.2, 0.25) is 0 Å². The Labute approximate surface area is 138 Å². The molecule has 1 rings (SSSR count). The standard InChI is InChI=1S/C15H19FN2O4S/c1-9(2)17-15(21)18-14(20)10(3)22-13(19)8-23-12-7-5-4-6-11(12)16/h4-7,9-10H,8H2,1-3H3,(H2,17,18,20,21)/t10-/m1/s1. The first kappa shape index (κ1) is 19.0. The van der Waals surface area contributed by atoms with E-state index in [-0.39, 0.29) is 11.8 Å². The van der Waals surface area contributed by atoms with Crippen LogP contribution < -0.4 is 10.6 Å². The Morgan fingerprint density at radius 3 is 2.48 bits per heavy atom. The minimum Gasteiger partial charge on any atom is -0.452 e. The molecule has 0 aliphatic rings. The van der Waals surface area contributed by atoms with E-state index in [0.29, 0.717) is 4.90 Å². The summed E-state index contributed by atoms with van der Waals surface area (Å²) in [6.45, 7) is 4.84. The highest BCUT2D eigenvalue weighted by molar-refractivity contribution is 8.00. The quantitative estimate of drug-likeness (QED) is 0.611. The maximum atomic E-state index is 13.4. The van der Waals surface area contributed by atoms with Crippen molar-refractivity contribution in [2.45, 2.75) is 37.8 Å². The maximum absolute atomic E-state index is 13.4. The Kier molecular flexibility index (Phi) is 7.53. The molecule has 6 nitrogen and oxygen atoms in total. The fourth-order valence-corrected chi connectivity index (χ4v) is 2.22. The average Bonchev–Trinajstić information content (AvgIpc) is 2.45. The van der Waals surface area contributed by atoms with Crippen LogP contribution in [0.3, 0.4) is 0 Å². The van der Waals surface area contributed by atoms with E-state index in [4.69, 9.17) is 4.74 Å². The molecule has 0 saturated heterocycles. The first-order valence-corrected chi connectivity index (χ1v) is 7.96. The van der Waals surface area contributed by atoms with Crippen LogP contribution in [0.15, 0.2) is 29.2 Å². The smallest absolute Gasteiger partial charge is 0.321 e. The van der Waals surface area contributed by atoms with E-state index >= 15 is 0 Å². The van der Waals surface area contributed by atoms with Gasteiger partial charge in [0.1, 0.15) is 5.82 Å². The van der Waals surface area contributed by atoms with Gasteiger partial charge in [0.15, 0.2) is 6.10 Å². The van der Waals surface area contributed by atoms with Crippen molar-refractivity contribution in [3.8, 4) is 0 Å². The fourth-order valence-electron chi connectivity index (χ4n) is 1.49. The molecular weight excluding hydrogens is 323 g/mol. The van der Waals surface area contributed by atoms with Crippen molar-refractivity contribution in [1.29, 1.82) is 0 Å². The molecule has 2 N–H and O–H groups in total. The number of carbonyl (C=O) groups is 3. The molecule has 8 heteroatoms. The Hall–Kier alpha value is -2.09. The van der Waals surface area contributed by atoms with Crippen molar-refractivity contribution in [2.24, 2.45) is 0 Å². The zero-order chi connectivity index (χ0) is 17.4. The summed E-state index contributed by atoms with van der Waals surface area (Å²) in [7, 11) is 0. The van der Waals surface area contributed by atoms with Crippen LogP contribution in [0.5, 0.6) is 0 Å². The number of hydrogen-bond donors (Lipinski definition) is 2. The zero-order valence-electron chi connectivity index (χ0n) is 13.1. The highest BCUT2D eigenvalue weighted by atomic mass is 32.2. The molecule has 0 aromatic heterocycles. The van der Waals surface area contributed by atoms with Gasteiger partial charge in [0.25, 0.3) is 5.91 Å². The van der Waals surface area contributed by atoms with Crippen LogP contribution in [-0.2, 0) is 14.3 Å². The molecule has 126 valence electrons. The summed E-state index contributed by atoms with van der Waals surface area (Å²) in [4.78, 5) is 35.0. The lowest BCUT2D eigenvalue weighted by molar-refractivity contribution is -0.151. The second-order valence-corrected chi connectivity index (χ2v) is 5.99. The van der Waals surface area contributed by atoms with Crippen molar-refractivity contribution in [3.63, 3.8) is 0 Å². The van der Waals surface area contributed by atoms with Crippen molar-refractivity contribution in [1.82, 2.24) is 10.6 Å². The molecule has 0 unspecified atom stereocenters. The summed E-state index contributed by atoms with van der Waals surface area (Å²) in [6, 6.07) is 5.25. The van der Waals surface area contributed by atoms with Gasteiger partial charge in [-0.2, -0.15) is 0 Å². The molecule has 0 saturated carbocycles. The predicted octanol–water partition coefficient (Wildman–Crippen LogP) is 2.08. The number of amides is 3. The van der Waals surface area contributed by atoms with Crippen LogP contribution >= 0.6 is 11.8 Å². The number of ether oxygens (including phenoxy) is 1. The van der Waals surface area contributed by atoms with Gasteiger partial charge in [0, 0.05) is 10.9 Å². The molecule has 0 fully saturated rings. The van der Waals surface area contributed by atoms with Gasteiger partial charge in [0.2, 0.25) is 0 Å². The van der Waals surface area contributed by atoms with Gasteiger partial charge in [-0.05, 0) is 32.9 Å². The largest absolute Gasteiger partial charge is 0.452 e. The van der Waals surface area contributed by atoms with Crippen LogP contribution in [0.1, 0.15) is 20.8 Å². The SMILES string of the molecule is CC(C)NC(=O)NC(=O)[C@@H](C)OC(=O)CSc1ccccc1F. The second kappa shape index (κ2) is 9.14. The highest BCUT2D eigenvalue weighted by Crippen LogP contribution is 2.21. The van der Waals surface area contributed by atoms with E-state index in [2.05, 4.69) is 10.6 Å². The molecule has 0 radical (unpaired) electrons. The number of urea groups is 1. The first-order valence-electron chi connectivity index (χ1n) is 6.97. The summed E-state index contributed by atoms with van der Waals surface area (Å²) in [6.07, 6.45) is -1.12. The van der Waals surface area contributed by atoms with E-state index in [1.165, 1.54) is 13.0 Å². The molecule has 0 aliphatic heterocycles. The van der Waals surface area contributed by atoms with Gasteiger partial charge >= 0.3 is 12.0 Å². The van der Waals surface area contributed by atoms with E-state index in [0.717, 1.165) is 11.8 Å². The number of thioether (sulfide) groups is 1. The molecule has 1 aromatic rings. The van der Waals surface area contributed by atoms with Crippen LogP contribution in [0.25, 0.3) is 0 Å². The average molecular weight is 342 g/mol. The molecule has 1 aromatic carbocycles. The van der Waals surface area contributed by atoms with Gasteiger partial charge in [0.05, 0.1) is 5.75 Å². The lowest BCUT2D eigenvalue weighted by Gasteiger charge is -2.14. The van der Waals surface area contributed by atoms with Crippen molar-refractivity contribution in [3.05, 3.63) is 30.1 Å². The van der Waals surface area contributed by atoms with Crippen molar-refractivity contribution < 1.29 is 23.5 Å². The van der Waals surface area contributed by atoms with E-state index < -0.39 is 29.8 Å². The van der Waals surface area contributed by atoms with Crippen LogP contribution in [0.4, 0.5) is 9.18 Å². The number of rotatable bonds is 6. The Bertz CT molecular complexity index is 580. The van der Waals surface area contributed by atoms with E-state index in [1.54, 1.807) is 32.0 Å². The maximum Gasteiger partial charge on any atom is 0.321 e. The predicted molar refractivity (Wildman–Crippen MR) is 84.5 cm³/mol. The van der Waals surface area contributed by atoms with Crippen LogP contribution in [0, 0.1) is 5.82 Å². The normalized spacial score (nSPS) is 11.7. The van der Waals surface area contributed by atoms with Crippen LogP contribution in [-0.4, -0.2) is 35.8 Å². The second-order valence-electron chi connectivity index (χ2n) is 4.97. The molecule has 0 bridgehead atoms. The Morgan fingerprint density at radius 2 is 1.87 bits per heavy atom. The molecule has 1 atom stereocenters. The summed E-state index contributed by atoms with van der Waals surface area (Å²) in [5, 5.41) is 4.54. The van der Waals surface area contributed by atoms with Gasteiger partial charge < -0.3 is 10.1 Å². The lowest BCUT2D eigenvalue weighted by atomic mass is 10.3. The third kappa shape index (κ3) is 7.14. The summed E-state index contributed by atoms with van der Waals surface area (Å²) in [5.74, 6) is -1.98. The monoisotopic (exact) mass is 342 g/mol. The van der Waals surface area contributed by atoms with Gasteiger partial charge in [-0.3, -0.25) is 14.9 Å². The van der Waals surface area contributed by atoms with E-state index in [9.17, 15) is 18.8 Å². The van der Waals surface area contributed by atoms with Gasteiger partial charge in [-0.15, -0.1) is 11.8 Å². The molecule has 0 aliphatic carbocycles. The minimum atomic E-state index is -1.12. The third-order valence-corrected chi connectivity index (χ3v) is 3.54. The summed E-state index contributed by atoms with van der Waals surface area (Å²) < 4.78 is 18.3. The van der Waals surface area contributed by atoms with Crippen molar-refractivity contribution >= 4 is 29.7 Å². The Balaban J connectivity index is 2.39. The molecule has 23 heavy (non-hydrogen) atoms. The third-order valence-electron chi connectivity index (χ3n) is 2.52. The number of carbonyl (C=O) groups excluding carboxylic acids is 3. The topological polar surface area (TPSA) is 84.5 Å².